The summed E-state index contributed by atoms with van der Waals surface area (Å²) >= 11 is 0. The van der Waals surface area contributed by atoms with Gasteiger partial charge in [-0.1, -0.05) is 0 Å². The van der Waals surface area contributed by atoms with Gasteiger partial charge in [0.25, 0.3) is 0 Å². The Kier molecular flexibility index (Phi) is 1.34. The predicted molar refractivity (Wildman–Crippen MR) is 37.7 cm³/mol. The van der Waals surface area contributed by atoms with Crippen molar-refractivity contribution in [1.82, 2.24) is 15.4 Å². The van der Waals surface area contributed by atoms with Crippen molar-refractivity contribution in [2.45, 2.75) is 12.8 Å². The molecule has 1 saturated carbocycles. The van der Waals surface area contributed by atoms with Crippen LogP contribution in [0.15, 0.2) is 6.20 Å². The van der Waals surface area contributed by atoms with Crippen LogP contribution < -0.4 is 5.32 Å². The van der Waals surface area contributed by atoms with Crippen LogP contribution in [0.2, 0.25) is 0 Å². The number of rotatable bonds is 2. The number of hydrogen-bond donors (Lipinski definition) is 2. The normalized spacial score (nSPS) is 16.4. The van der Waals surface area contributed by atoms with E-state index >= 15 is 0 Å². The Morgan fingerprint density at radius 3 is 3.09 bits per heavy atom. The summed E-state index contributed by atoms with van der Waals surface area (Å²) in [6.07, 6.45) is 3.49. The second kappa shape index (κ2) is 2.34. The Morgan fingerprint density at radius 1 is 1.73 bits per heavy atom. The van der Waals surface area contributed by atoms with Crippen molar-refractivity contribution < 1.29 is 4.79 Å². The Bertz CT molecular complexity index is 252. The zero-order valence-electron chi connectivity index (χ0n) is 5.87. The molecule has 1 aromatic rings. The van der Waals surface area contributed by atoms with Gasteiger partial charge in [0.05, 0.1) is 6.20 Å². The van der Waals surface area contributed by atoms with Gasteiger partial charge in [0.2, 0.25) is 5.91 Å². The van der Waals surface area contributed by atoms with Crippen molar-refractivity contribution in [3.8, 4) is 0 Å². The van der Waals surface area contributed by atoms with E-state index in [0.717, 1.165) is 12.8 Å². The number of nitrogens with zero attached hydrogens (tertiary/aromatic N) is 2. The number of H-pyrrole nitrogens is 1. The first-order valence-electron chi connectivity index (χ1n) is 3.53. The van der Waals surface area contributed by atoms with Gasteiger partial charge in [-0.05, 0) is 12.8 Å². The molecule has 5 nitrogen and oxygen atoms in total. The van der Waals surface area contributed by atoms with E-state index < -0.39 is 0 Å². The van der Waals surface area contributed by atoms with E-state index in [0.29, 0.717) is 5.82 Å². The molecule has 0 spiro atoms. The standard InChI is InChI=1S/C6H8N4O/c11-6(4-1-2-4)8-5-3-7-10-9-5/h3-4H,1-2H2,(H2,7,8,9,10,11). The van der Waals surface area contributed by atoms with E-state index in [1.54, 1.807) is 0 Å². The van der Waals surface area contributed by atoms with E-state index in [4.69, 9.17) is 0 Å². The first-order valence-corrected chi connectivity index (χ1v) is 3.53. The van der Waals surface area contributed by atoms with Crippen molar-refractivity contribution >= 4 is 11.7 Å². The van der Waals surface area contributed by atoms with Gasteiger partial charge in [-0.2, -0.15) is 10.3 Å². The molecule has 0 aromatic carbocycles. The predicted octanol–water partition coefficient (Wildman–Crippen LogP) is 0.153. The van der Waals surface area contributed by atoms with E-state index in [-0.39, 0.29) is 11.8 Å². The third kappa shape index (κ3) is 1.36. The van der Waals surface area contributed by atoms with Crippen LogP contribution >= 0.6 is 0 Å². The minimum Gasteiger partial charge on any atom is -0.308 e. The topological polar surface area (TPSA) is 70.7 Å². The fraction of sp³-hybridized carbons (Fsp3) is 0.500. The zero-order valence-corrected chi connectivity index (χ0v) is 5.87. The van der Waals surface area contributed by atoms with Crippen LogP contribution in [0.5, 0.6) is 0 Å². The largest absolute Gasteiger partial charge is 0.308 e. The maximum atomic E-state index is 11.1. The average molecular weight is 152 g/mol. The number of aromatic nitrogens is 3. The molecule has 0 unspecified atom stereocenters. The fourth-order valence-corrected chi connectivity index (χ4v) is 0.836. The zero-order chi connectivity index (χ0) is 7.68. The summed E-state index contributed by atoms with van der Waals surface area (Å²) in [5.41, 5.74) is 0. The second-order valence-electron chi connectivity index (χ2n) is 2.62. The number of amides is 1. The van der Waals surface area contributed by atoms with Crippen molar-refractivity contribution in [3.05, 3.63) is 6.20 Å². The molecule has 1 heterocycles. The number of aromatic amines is 1. The van der Waals surface area contributed by atoms with Crippen LogP contribution in [0.25, 0.3) is 0 Å². The third-order valence-corrected chi connectivity index (χ3v) is 1.61. The Hall–Kier alpha value is -1.39. The Labute approximate surface area is 63.2 Å². The van der Waals surface area contributed by atoms with Gasteiger partial charge in [-0.15, -0.1) is 5.10 Å². The smallest absolute Gasteiger partial charge is 0.228 e. The van der Waals surface area contributed by atoms with Crippen molar-refractivity contribution in [1.29, 1.82) is 0 Å². The van der Waals surface area contributed by atoms with E-state index in [2.05, 4.69) is 20.7 Å². The molecule has 5 heteroatoms. The van der Waals surface area contributed by atoms with Crippen LogP contribution in [0.3, 0.4) is 0 Å². The molecule has 1 amide bonds. The third-order valence-electron chi connectivity index (χ3n) is 1.61. The molecule has 1 aromatic heterocycles. The van der Waals surface area contributed by atoms with Crippen molar-refractivity contribution in [3.63, 3.8) is 0 Å². The van der Waals surface area contributed by atoms with E-state index in [9.17, 15) is 4.79 Å². The SMILES string of the molecule is O=C(Nc1cn[nH]n1)C1CC1. The molecule has 2 N–H and O–H groups in total. The van der Waals surface area contributed by atoms with E-state index in [1.807, 2.05) is 0 Å². The average Bonchev–Trinajstić information content (AvgIpc) is 2.73. The minimum atomic E-state index is 0.0545. The Morgan fingerprint density at radius 2 is 2.55 bits per heavy atom. The quantitative estimate of drug-likeness (QED) is 0.633. The number of carbonyl (C=O) groups excluding carboxylic acids is 1. The summed E-state index contributed by atoms with van der Waals surface area (Å²) in [7, 11) is 0. The monoisotopic (exact) mass is 152 g/mol. The summed E-state index contributed by atoms with van der Waals surface area (Å²) in [6.45, 7) is 0. The fourth-order valence-electron chi connectivity index (χ4n) is 0.836. The maximum Gasteiger partial charge on any atom is 0.228 e. The first kappa shape index (κ1) is 6.33. The van der Waals surface area contributed by atoms with Crippen molar-refractivity contribution in [2.75, 3.05) is 5.32 Å². The van der Waals surface area contributed by atoms with Crippen LogP contribution in [0, 0.1) is 5.92 Å². The van der Waals surface area contributed by atoms with Gasteiger partial charge in [0.1, 0.15) is 0 Å². The lowest BCUT2D eigenvalue weighted by Gasteiger charge is -1.95. The molecule has 58 valence electrons. The Balaban J connectivity index is 1.94. The van der Waals surface area contributed by atoms with Crippen molar-refractivity contribution in [2.24, 2.45) is 5.92 Å². The van der Waals surface area contributed by atoms with Gasteiger partial charge in [0, 0.05) is 5.92 Å². The summed E-state index contributed by atoms with van der Waals surface area (Å²) in [5.74, 6) is 0.771. The van der Waals surface area contributed by atoms with E-state index in [1.165, 1.54) is 6.20 Å². The molecule has 0 radical (unpaired) electrons. The number of nitrogens with one attached hydrogen (secondary N) is 2. The maximum absolute atomic E-state index is 11.1. The highest BCUT2D eigenvalue weighted by Crippen LogP contribution is 2.29. The summed E-state index contributed by atoms with van der Waals surface area (Å²) < 4.78 is 0. The lowest BCUT2D eigenvalue weighted by atomic mass is 10.4. The number of carbonyl (C=O) groups is 1. The lowest BCUT2D eigenvalue weighted by Crippen LogP contribution is -2.13. The summed E-state index contributed by atoms with van der Waals surface area (Å²) in [6, 6.07) is 0. The molecule has 1 aliphatic rings. The molecule has 11 heavy (non-hydrogen) atoms. The summed E-state index contributed by atoms with van der Waals surface area (Å²) in [4.78, 5) is 11.1. The van der Waals surface area contributed by atoms with Gasteiger partial charge >= 0.3 is 0 Å². The van der Waals surface area contributed by atoms with Gasteiger partial charge in [0.15, 0.2) is 5.82 Å². The van der Waals surface area contributed by atoms with Gasteiger partial charge in [-0.25, -0.2) is 0 Å². The molecule has 1 fully saturated rings. The summed E-state index contributed by atoms with van der Waals surface area (Å²) in [5, 5.41) is 12.3. The highest BCUT2D eigenvalue weighted by molar-refractivity contribution is 5.92. The molecule has 2 rings (SSSR count). The molecule has 0 saturated heterocycles. The molecule has 0 bridgehead atoms. The number of anilines is 1. The second-order valence-corrected chi connectivity index (χ2v) is 2.62. The first-order chi connectivity index (χ1) is 5.36. The lowest BCUT2D eigenvalue weighted by molar-refractivity contribution is -0.117. The molecule has 0 atom stereocenters. The van der Waals surface area contributed by atoms with Crippen LogP contribution in [-0.2, 0) is 4.79 Å². The van der Waals surface area contributed by atoms with Crippen LogP contribution in [0.4, 0.5) is 5.82 Å². The molecular formula is C6H8N4O. The highest BCUT2D eigenvalue weighted by atomic mass is 16.2. The van der Waals surface area contributed by atoms with Gasteiger partial charge < -0.3 is 5.32 Å². The van der Waals surface area contributed by atoms with Crippen LogP contribution in [0.1, 0.15) is 12.8 Å². The number of hydrogen-bond acceptors (Lipinski definition) is 3. The molecule has 1 aliphatic carbocycles. The van der Waals surface area contributed by atoms with Gasteiger partial charge in [-0.3, -0.25) is 4.79 Å². The highest BCUT2D eigenvalue weighted by Gasteiger charge is 2.29. The minimum absolute atomic E-state index is 0.0545. The molecular weight excluding hydrogens is 144 g/mol. The van der Waals surface area contributed by atoms with Crippen LogP contribution in [-0.4, -0.2) is 21.3 Å². The molecule has 0 aliphatic heterocycles.